The van der Waals surface area contributed by atoms with Gasteiger partial charge in [0, 0.05) is 26.2 Å². The molecule has 0 aliphatic carbocycles. The third-order valence-electron chi connectivity index (χ3n) is 6.14. The molecule has 29 heavy (non-hydrogen) atoms. The number of aromatic nitrogens is 2. The van der Waals surface area contributed by atoms with Crippen LogP contribution in [0.5, 0.6) is 0 Å². The molecule has 1 N–H and O–H groups in total. The van der Waals surface area contributed by atoms with Gasteiger partial charge in [0.25, 0.3) is 11.8 Å². The topological polar surface area (TPSA) is 67.2 Å². The predicted octanol–water partition coefficient (Wildman–Crippen LogP) is 3.06. The van der Waals surface area contributed by atoms with Crippen molar-refractivity contribution in [3.63, 3.8) is 0 Å². The first-order chi connectivity index (χ1) is 14.1. The lowest BCUT2D eigenvalue weighted by molar-refractivity contribution is 0.0678. The third kappa shape index (κ3) is 4.36. The number of fused-ring (bicyclic) bond motifs is 1. The molecular weight excluding hydrogens is 364 g/mol. The predicted molar refractivity (Wildman–Crippen MR) is 112 cm³/mol. The first-order valence-electron chi connectivity index (χ1n) is 10.8. The van der Waals surface area contributed by atoms with Crippen molar-refractivity contribution in [3.05, 3.63) is 53.1 Å². The van der Waals surface area contributed by atoms with Crippen LogP contribution in [-0.4, -0.2) is 45.9 Å². The molecule has 1 saturated heterocycles. The molecule has 0 bridgehead atoms. The molecule has 1 aromatic heterocycles. The highest BCUT2D eigenvalue weighted by Gasteiger charge is 2.30. The van der Waals surface area contributed by atoms with Crippen molar-refractivity contribution in [1.29, 1.82) is 0 Å². The summed E-state index contributed by atoms with van der Waals surface area (Å²) in [5.41, 5.74) is 2.54. The normalized spacial score (nSPS) is 17.1. The van der Waals surface area contributed by atoms with Crippen LogP contribution >= 0.6 is 0 Å². The first kappa shape index (κ1) is 19.7. The highest BCUT2D eigenvalue weighted by molar-refractivity contribution is 5.97. The molecule has 0 radical (unpaired) electrons. The van der Waals surface area contributed by atoms with Crippen molar-refractivity contribution in [2.75, 3.05) is 19.6 Å². The molecule has 1 fully saturated rings. The van der Waals surface area contributed by atoms with E-state index in [1.54, 1.807) is 0 Å². The number of nitrogens with zero attached hydrogens (tertiary/aromatic N) is 3. The zero-order chi connectivity index (χ0) is 20.2. The number of likely N-dealkylation sites (tertiary alicyclic amines) is 1. The van der Waals surface area contributed by atoms with Gasteiger partial charge in [-0.05, 0) is 50.0 Å². The number of nitrogens with one attached hydrogen (secondary N) is 1. The van der Waals surface area contributed by atoms with E-state index < -0.39 is 0 Å². The van der Waals surface area contributed by atoms with E-state index in [4.69, 9.17) is 0 Å². The number of carbonyl (C=O) groups is 2. The zero-order valence-electron chi connectivity index (χ0n) is 17.2. The van der Waals surface area contributed by atoms with Crippen LogP contribution in [-0.2, 0) is 19.4 Å². The summed E-state index contributed by atoms with van der Waals surface area (Å²) in [6, 6.07) is 10.1. The summed E-state index contributed by atoms with van der Waals surface area (Å²) in [6.45, 7) is 5.12. The number of hydrogen-bond acceptors (Lipinski definition) is 3. The first-order valence-corrected chi connectivity index (χ1v) is 10.8. The van der Waals surface area contributed by atoms with Crippen LogP contribution in [0.25, 0.3) is 0 Å². The molecule has 0 spiro atoms. The summed E-state index contributed by atoms with van der Waals surface area (Å²) in [7, 11) is 0. The molecule has 2 aliphatic heterocycles. The van der Waals surface area contributed by atoms with Crippen molar-refractivity contribution >= 4 is 11.8 Å². The molecule has 2 amide bonds. The van der Waals surface area contributed by atoms with Gasteiger partial charge in [0.2, 0.25) is 0 Å². The molecule has 1 aromatic carbocycles. The minimum atomic E-state index is -0.169. The summed E-state index contributed by atoms with van der Waals surface area (Å²) in [5.74, 6) is 0.919. The molecule has 6 heteroatoms. The van der Waals surface area contributed by atoms with Gasteiger partial charge in [0.05, 0.1) is 5.69 Å². The minimum absolute atomic E-state index is 0.0246. The molecule has 6 nitrogen and oxygen atoms in total. The highest BCUT2D eigenvalue weighted by Crippen LogP contribution is 2.24. The average Bonchev–Trinajstić information content (AvgIpc) is 3.14. The number of amides is 2. The molecular formula is C23H30N4O2. The SMILES string of the molecule is CC1CCN(C(=O)c2nc(C(=O)NCCc3ccccc3)c3n2CCCC3)CC1. The number of rotatable bonds is 5. The Hall–Kier alpha value is -2.63. The Morgan fingerprint density at radius 1 is 1.10 bits per heavy atom. The van der Waals surface area contributed by atoms with Crippen molar-refractivity contribution in [2.24, 2.45) is 5.92 Å². The maximum atomic E-state index is 13.1. The number of imidazole rings is 1. The third-order valence-corrected chi connectivity index (χ3v) is 6.14. The monoisotopic (exact) mass is 394 g/mol. The van der Waals surface area contributed by atoms with E-state index in [1.807, 2.05) is 27.7 Å². The van der Waals surface area contributed by atoms with Gasteiger partial charge in [-0.3, -0.25) is 9.59 Å². The smallest absolute Gasteiger partial charge is 0.289 e. The Labute approximate surface area is 172 Å². The van der Waals surface area contributed by atoms with Crippen LogP contribution in [0, 0.1) is 5.92 Å². The van der Waals surface area contributed by atoms with Gasteiger partial charge in [-0.2, -0.15) is 0 Å². The Morgan fingerprint density at radius 3 is 2.62 bits per heavy atom. The van der Waals surface area contributed by atoms with Crippen molar-refractivity contribution < 1.29 is 9.59 Å². The fraction of sp³-hybridized carbons (Fsp3) is 0.522. The summed E-state index contributed by atoms with van der Waals surface area (Å²) >= 11 is 0. The second-order valence-corrected chi connectivity index (χ2v) is 8.31. The van der Waals surface area contributed by atoms with E-state index in [9.17, 15) is 9.59 Å². The van der Waals surface area contributed by atoms with Crippen molar-refractivity contribution in [1.82, 2.24) is 19.8 Å². The Kier molecular flexibility index (Phi) is 5.97. The van der Waals surface area contributed by atoms with Crippen LogP contribution in [0.2, 0.25) is 0 Å². The van der Waals surface area contributed by atoms with Crippen LogP contribution in [0.4, 0.5) is 0 Å². The molecule has 154 valence electrons. The largest absolute Gasteiger partial charge is 0.350 e. The fourth-order valence-electron chi connectivity index (χ4n) is 4.29. The van der Waals surface area contributed by atoms with E-state index in [1.165, 1.54) is 5.56 Å². The lowest BCUT2D eigenvalue weighted by Crippen LogP contribution is -2.39. The van der Waals surface area contributed by atoms with Gasteiger partial charge in [-0.25, -0.2) is 4.98 Å². The fourth-order valence-corrected chi connectivity index (χ4v) is 4.29. The van der Waals surface area contributed by atoms with Crippen molar-refractivity contribution in [3.8, 4) is 0 Å². The lowest BCUT2D eigenvalue weighted by atomic mass is 9.99. The summed E-state index contributed by atoms with van der Waals surface area (Å²) in [4.78, 5) is 32.4. The number of benzene rings is 1. The van der Waals surface area contributed by atoms with E-state index in [0.29, 0.717) is 24.0 Å². The van der Waals surface area contributed by atoms with E-state index in [2.05, 4.69) is 29.4 Å². The van der Waals surface area contributed by atoms with Gasteiger partial charge in [0.1, 0.15) is 5.69 Å². The number of hydrogen-bond donors (Lipinski definition) is 1. The quantitative estimate of drug-likeness (QED) is 0.848. The standard InChI is InChI=1S/C23H30N4O2/c1-17-11-15-26(16-12-17)23(29)21-25-20(19-9-5-6-14-27(19)21)22(28)24-13-10-18-7-3-2-4-8-18/h2-4,7-8,17H,5-6,9-16H2,1H3,(H,24,28). The molecule has 3 heterocycles. The van der Waals surface area contributed by atoms with Crippen molar-refractivity contribution in [2.45, 2.75) is 52.0 Å². The second kappa shape index (κ2) is 8.80. The molecule has 2 aliphatic rings. The molecule has 0 atom stereocenters. The van der Waals surface area contributed by atoms with Gasteiger partial charge in [-0.15, -0.1) is 0 Å². The molecule has 2 aromatic rings. The highest BCUT2D eigenvalue weighted by atomic mass is 16.2. The average molecular weight is 395 g/mol. The second-order valence-electron chi connectivity index (χ2n) is 8.31. The van der Waals surface area contributed by atoms with E-state index in [-0.39, 0.29) is 11.8 Å². The molecule has 0 unspecified atom stereocenters. The van der Waals surface area contributed by atoms with Gasteiger partial charge in [0.15, 0.2) is 5.82 Å². The maximum Gasteiger partial charge on any atom is 0.289 e. The maximum absolute atomic E-state index is 13.1. The van der Waals surface area contributed by atoms with E-state index in [0.717, 1.165) is 63.9 Å². The Balaban J connectivity index is 1.48. The minimum Gasteiger partial charge on any atom is -0.350 e. The summed E-state index contributed by atoms with van der Waals surface area (Å²) < 4.78 is 2.00. The molecule has 0 saturated carbocycles. The Bertz CT molecular complexity index is 867. The summed E-state index contributed by atoms with van der Waals surface area (Å²) in [6.07, 6.45) is 5.71. The summed E-state index contributed by atoms with van der Waals surface area (Å²) in [5, 5.41) is 3.00. The van der Waals surface area contributed by atoms with Crippen LogP contribution in [0.15, 0.2) is 30.3 Å². The zero-order valence-corrected chi connectivity index (χ0v) is 17.2. The number of piperidine rings is 1. The van der Waals surface area contributed by atoms with Crippen LogP contribution < -0.4 is 5.32 Å². The Morgan fingerprint density at radius 2 is 1.86 bits per heavy atom. The van der Waals surface area contributed by atoms with Gasteiger partial charge < -0.3 is 14.8 Å². The van der Waals surface area contributed by atoms with Gasteiger partial charge >= 0.3 is 0 Å². The van der Waals surface area contributed by atoms with E-state index >= 15 is 0 Å². The molecule has 4 rings (SSSR count). The van der Waals surface area contributed by atoms with Gasteiger partial charge in [-0.1, -0.05) is 37.3 Å². The number of carbonyl (C=O) groups excluding carboxylic acids is 2. The van der Waals surface area contributed by atoms with Crippen LogP contribution in [0.3, 0.4) is 0 Å². The van der Waals surface area contributed by atoms with Crippen LogP contribution in [0.1, 0.15) is 65.0 Å². The lowest BCUT2D eigenvalue weighted by Gasteiger charge is -2.30.